The van der Waals surface area contributed by atoms with E-state index in [2.05, 4.69) is 51.6 Å². The van der Waals surface area contributed by atoms with Crippen molar-refractivity contribution in [3.05, 3.63) is 30.5 Å². The lowest BCUT2D eigenvalue weighted by molar-refractivity contribution is 0.385. The molecule has 0 atom stereocenters. The fourth-order valence-corrected chi connectivity index (χ4v) is 2.94. The molecule has 0 saturated carbocycles. The molecule has 1 saturated heterocycles. The van der Waals surface area contributed by atoms with Crippen LogP contribution in [0.15, 0.2) is 30.5 Å². The van der Waals surface area contributed by atoms with E-state index < -0.39 is 0 Å². The maximum Gasteiger partial charge on any atom is 0.159 e. The summed E-state index contributed by atoms with van der Waals surface area (Å²) < 4.78 is 0. The highest BCUT2D eigenvalue weighted by molar-refractivity contribution is 5.91. The molecule has 2 aromatic rings. The van der Waals surface area contributed by atoms with E-state index >= 15 is 0 Å². The molecule has 4 nitrogen and oxygen atoms in total. The smallest absolute Gasteiger partial charge is 0.159 e. The van der Waals surface area contributed by atoms with Gasteiger partial charge in [0.1, 0.15) is 0 Å². The number of hydrogen-bond acceptors (Lipinski definition) is 4. The quantitative estimate of drug-likeness (QED) is 0.926. The maximum atomic E-state index is 4.38. The molecule has 0 aliphatic carbocycles. The molecule has 20 heavy (non-hydrogen) atoms. The molecule has 1 N–H and O–H groups in total. The molecule has 1 fully saturated rings. The Bertz CT molecular complexity index is 556. The number of hydrogen-bond donors (Lipinski definition) is 1. The molecule has 0 spiro atoms. The normalized spacial score (nSPS) is 16.8. The Morgan fingerprint density at radius 2 is 2.05 bits per heavy atom. The number of benzene rings is 1. The van der Waals surface area contributed by atoms with Crippen molar-refractivity contribution < 1.29 is 0 Å². The molecule has 1 aliphatic heterocycles. The second kappa shape index (κ2) is 6.18. The van der Waals surface area contributed by atoms with Crippen LogP contribution in [0.3, 0.4) is 0 Å². The molecule has 0 bridgehead atoms. The highest BCUT2D eigenvalue weighted by Gasteiger charge is 2.21. The number of aromatic nitrogens is 2. The first-order chi connectivity index (χ1) is 9.88. The summed E-state index contributed by atoms with van der Waals surface area (Å²) >= 11 is 0. The molecule has 3 rings (SSSR count). The van der Waals surface area contributed by atoms with E-state index in [1.807, 2.05) is 6.20 Å². The zero-order valence-electron chi connectivity index (χ0n) is 12.0. The first kappa shape index (κ1) is 13.3. The van der Waals surface area contributed by atoms with Crippen LogP contribution in [0.5, 0.6) is 0 Å². The molecule has 2 heterocycles. The summed E-state index contributed by atoms with van der Waals surface area (Å²) in [6.45, 7) is 6.54. The lowest BCUT2D eigenvalue weighted by Gasteiger charge is -2.33. The molecule has 1 aliphatic rings. The van der Waals surface area contributed by atoms with Gasteiger partial charge in [0.2, 0.25) is 0 Å². The molecule has 106 valence electrons. The summed E-state index contributed by atoms with van der Waals surface area (Å²) in [5.74, 6) is 1.85. The number of anilines is 1. The average molecular weight is 270 g/mol. The molecule has 4 heteroatoms. The van der Waals surface area contributed by atoms with Crippen molar-refractivity contribution in [1.29, 1.82) is 0 Å². The molecular formula is C16H22N4. The first-order valence-corrected chi connectivity index (χ1v) is 7.54. The van der Waals surface area contributed by atoms with Crippen LogP contribution in [0.1, 0.15) is 19.8 Å². The largest absolute Gasteiger partial charge is 0.355 e. The Hall–Kier alpha value is -1.68. The Kier molecular flexibility index (Phi) is 4.11. The minimum atomic E-state index is 0.800. The van der Waals surface area contributed by atoms with E-state index in [9.17, 15) is 0 Å². The summed E-state index contributed by atoms with van der Waals surface area (Å²) in [7, 11) is 0. The summed E-state index contributed by atoms with van der Waals surface area (Å²) in [4.78, 5) is 2.39. The zero-order chi connectivity index (χ0) is 13.8. The van der Waals surface area contributed by atoms with Gasteiger partial charge in [0.15, 0.2) is 5.82 Å². The minimum Gasteiger partial charge on any atom is -0.355 e. The van der Waals surface area contributed by atoms with Crippen LogP contribution in [0, 0.1) is 5.92 Å². The lowest BCUT2D eigenvalue weighted by Crippen LogP contribution is -2.37. The van der Waals surface area contributed by atoms with Gasteiger partial charge < -0.3 is 10.2 Å². The number of nitrogens with zero attached hydrogens (tertiary/aromatic N) is 3. The third-order valence-electron chi connectivity index (χ3n) is 4.15. The molecule has 1 aromatic carbocycles. The highest BCUT2D eigenvalue weighted by atomic mass is 15.3. The van der Waals surface area contributed by atoms with Gasteiger partial charge in [0.05, 0.1) is 6.20 Å². The molecule has 1 aromatic heterocycles. The fourth-order valence-electron chi connectivity index (χ4n) is 2.94. The number of piperidine rings is 1. The van der Waals surface area contributed by atoms with Gasteiger partial charge in [0.25, 0.3) is 0 Å². The topological polar surface area (TPSA) is 41.0 Å². The summed E-state index contributed by atoms with van der Waals surface area (Å²) in [5.41, 5.74) is 0. The van der Waals surface area contributed by atoms with E-state index in [-0.39, 0.29) is 0 Å². The van der Waals surface area contributed by atoms with Gasteiger partial charge in [-0.25, -0.2) is 0 Å². The predicted molar refractivity (Wildman–Crippen MR) is 83.0 cm³/mol. The van der Waals surface area contributed by atoms with Gasteiger partial charge >= 0.3 is 0 Å². The third-order valence-corrected chi connectivity index (χ3v) is 4.15. The standard InChI is InChI=1S/C16H22N4/c1-2-17-11-13-7-9-20(10-8-13)16-15-6-4-3-5-14(15)12-18-19-16/h3-6,12-13,17H,2,7-11H2,1H3. The van der Waals surface area contributed by atoms with Crippen molar-refractivity contribution in [1.82, 2.24) is 15.5 Å². The Labute approximate surface area is 120 Å². The van der Waals surface area contributed by atoms with Gasteiger partial charge in [-0.2, -0.15) is 5.10 Å². The van der Waals surface area contributed by atoms with Crippen molar-refractivity contribution in [2.75, 3.05) is 31.1 Å². The van der Waals surface area contributed by atoms with Crippen molar-refractivity contribution >= 4 is 16.6 Å². The monoisotopic (exact) mass is 270 g/mol. The second-order valence-electron chi connectivity index (χ2n) is 5.49. The van der Waals surface area contributed by atoms with Gasteiger partial charge in [0, 0.05) is 23.9 Å². The van der Waals surface area contributed by atoms with E-state index in [0.717, 1.165) is 37.9 Å². The lowest BCUT2D eigenvalue weighted by atomic mass is 9.96. The van der Waals surface area contributed by atoms with Gasteiger partial charge in [-0.3, -0.25) is 0 Å². The van der Waals surface area contributed by atoms with E-state index in [4.69, 9.17) is 0 Å². The summed E-state index contributed by atoms with van der Waals surface area (Å²) in [5, 5.41) is 14.4. The molecule has 0 radical (unpaired) electrons. The van der Waals surface area contributed by atoms with Crippen molar-refractivity contribution in [3.8, 4) is 0 Å². The Morgan fingerprint density at radius 3 is 2.85 bits per heavy atom. The van der Waals surface area contributed by atoms with Crippen LogP contribution in [0.4, 0.5) is 5.82 Å². The van der Waals surface area contributed by atoms with Gasteiger partial charge in [-0.15, -0.1) is 5.10 Å². The number of rotatable bonds is 4. The number of nitrogens with one attached hydrogen (secondary N) is 1. The molecule has 0 unspecified atom stereocenters. The highest BCUT2D eigenvalue weighted by Crippen LogP contribution is 2.27. The third kappa shape index (κ3) is 2.75. The average Bonchev–Trinajstić information content (AvgIpc) is 2.53. The van der Waals surface area contributed by atoms with Crippen LogP contribution in [0.25, 0.3) is 10.8 Å². The van der Waals surface area contributed by atoms with Crippen LogP contribution < -0.4 is 10.2 Å². The van der Waals surface area contributed by atoms with E-state index in [0.29, 0.717) is 0 Å². The zero-order valence-corrected chi connectivity index (χ0v) is 12.0. The van der Waals surface area contributed by atoms with E-state index in [1.54, 1.807) is 0 Å². The summed E-state index contributed by atoms with van der Waals surface area (Å²) in [6, 6.07) is 8.37. The Morgan fingerprint density at radius 1 is 1.25 bits per heavy atom. The predicted octanol–water partition coefficient (Wildman–Crippen LogP) is 2.46. The Balaban J connectivity index is 1.74. The van der Waals surface area contributed by atoms with E-state index in [1.165, 1.54) is 23.6 Å². The van der Waals surface area contributed by atoms with Crippen molar-refractivity contribution in [2.45, 2.75) is 19.8 Å². The van der Waals surface area contributed by atoms with Gasteiger partial charge in [-0.05, 0) is 31.8 Å². The van der Waals surface area contributed by atoms with Crippen LogP contribution in [0.2, 0.25) is 0 Å². The number of fused-ring (bicyclic) bond motifs is 1. The van der Waals surface area contributed by atoms with Crippen LogP contribution >= 0.6 is 0 Å². The molecule has 0 amide bonds. The fraction of sp³-hybridized carbons (Fsp3) is 0.500. The first-order valence-electron chi connectivity index (χ1n) is 7.54. The summed E-state index contributed by atoms with van der Waals surface area (Å²) in [6.07, 6.45) is 4.31. The maximum absolute atomic E-state index is 4.38. The van der Waals surface area contributed by atoms with Crippen molar-refractivity contribution in [3.63, 3.8) is 0 Å². The van der Waals surface area contributed by atoms with Gasteiger partial charge in [-0.1, -0.05) is 31.2 Å². The van der Waals surface area contributed by atoms with Crippen molar-refractivity contribution in [2.24, 2.45) is 5.92 Å². The SMILES string of the molecule is CCNCC1CCN(c2nncc3ccccc23)CC1. The second-order valence-corrected chi connectivity index (χ2v) is 5.49. The minimum absolute atomic E-state index is 0.800. The molecular weight excluding hydrogens is 248 g/mol. The van der Waals surface area contributed by atoms with Crippen LogP contribution in [-0.4, -0.2) is 36.4 Å². The van der Waals surface area contributed by atoms with Crippen LogP contribution in [-0.2, 0) is 0 Å².